The Morgan fingerprint density at radius 1 is 1.08 bits per heavy atom. The van der Waals surface area contributed by atoms with Crippen molar-refractivity contribution in [1.82, 2.24) is 4.90 Å². The van der Waals surface area contributed by atoms with Gasteiger partial charge in [0.1, 0.15) is 5.75 Å². The molecular weight excluding hydrogens is 306 g/mol. The number of fused-ring (bicyclic) bond motifs is 2. The fourth-order valence-corrected chi connectivity index (χ4v) is 3.94. The highest BCUT2D eigenvalue weighted by Crippen LogP contribution is 2.50. The minimum absolute atomic E-state index is 0.269. The van der Waals surface area contributed by atoms with Crippen LogP contribution in [-0.4, -0.2) is 32.4 Å². The van der Waals surface area contributed by atoms with E-state index in [-0.39, 0.29) is 12.8 Å². The van der Waals surface area contributed by atoms with E-state index in [1.165, 1.54) is 11.1 Å². The van der Waals surface area contributed by atoms with Gasteiger partial charge in [-0.15, -0.1) is 0 Å². The fourth-order valence-electron chi connectivity index (χ4n) is 3.94. The standard InChI is InChI=1S/C19H19NO4/c1-20-6-5-11-3-4-14(21-2)19-18(11)13(20)7-12-8-16-17(23-10-22-16)9-15(12)24-19/h3-4,8-9,13H,5-7,10H2,1-2H3/t13-/m1/s1. The first kappa shape index (κ1) is 14.0. The molecule has 0 aromatic heterocycles. The molecule has 0 fully saturated rings. The Hall–Kier alpha value is -2.40. The van der Waals surface area contributed by atoms with Crippen LogP contribution in [0.2, 0.25) is 0 Å². The van der Waals surface area contributed by atoms with E-state index in [2.05, 4.69) is 24.1 Å². The van der Waals surface area contributed by atoms with Crippen LogP contribution in [0.5, 0.6) is 28.7 Å². The van der Waals surface area contributed by atoms with Gasteiger partial charge in [0.05, 0.1) is 7.11 Å². The topological polar surface area (TPSA) is 40.2 Å². The van der Waals surface area contributed by atoms with Crippen LogP contribution in [0.1, 0.15) is 22.7 Å². The van der Waals surface area contributed by atoms with E-state index < -0.39 is 0 Å². The summed E-state index contributed by atoms with van der Waals surface area (Å²) in [7, 11) is 3.86. The maximum atomic E-state index is 6.36. The van der Waals surface area contributed by atoms with Crippen molar-refractivity contribution < 1.29 is 18.9 Å². The Morgan fingerprint density at radius 3 is 2.75 bits per heavy atom. The summed E-state index contributed by atoms with van der Waals surface area (Å²) in [6.45, 7) is 1.31. The second-order valence-corrected chi connectivity index (χ2v) is 6.54. The van der Waals surface area contributed by atoms with Gasteiger partial charge in [0, 0.05) is 29.8 Å². The maximum absolute atomic E-state index is 6.36. The largest absolute Gasteiger partial charge is 0.493 e. The summed E-state index contributed by atoms with van der Waals surface area (Å²) in [4.78, 5) is 2.40. The number of nitrogens with zero attached hydrogens (tertiary/aromatic N) is 1. The SMILES string of the molecule is COc1ccc2c3c1Oc1cc4c(cc1C[C@H]3N(C)CC2)OCO4. The average molecular weight is 325 g/mol. The molecule has 124 valence electrons. The van der Waals surface area contributed by atoms with E-state index in [0.29, 0.717) is 0 Å². The molecule has 0 saturated carbocycles. The van der Waals surface area contributed by atoms with Gasteiger partial charge < -0.3 is 18.9 Å². The second kappa shape index (κ2) is 5.05. The molecule has 5 rings (SSSR count). The minimum atomic E-state index is 0.269. The summed E-state index contributed by atoms with van der Waals surface area (Å²) in [6, 6.07) is 8.45. The smallest absolute Gasteiger partial charge is 0.231 e. The number of hydrogen-bond donors (Lipinski definition) is 0. The molecule has 0 aliphatic carbocycles. The molecule has 0 saturated heterocycles. The van der Waals surface area contributed by atoms with E-state index in [4.69, 9.17) is 18.9 Å². The van der Waals surface area contributed by atoms with E-state index in [0.717, 1.165) is 53.7 Å². The second-order valence-electron chi connectivity index (χ2n) is 6.54. The minimum Gasteiger partial charge on any atom is -0.493 e. The number of methoxy groups -OCH3 is 1. The molecule has 3 aliphatic rings. The molecule has 0 spiro atoms. The molecule has 3 aliphatic heterocycles. The lowest BCUT2D eigenvalue weighted by atomic mass is 9.88. The predicted octanol–water partition coefficient (Wildman–Crippen LogP) is 3.30. The average Bonchev–Trinajstić information content (AvgIpc) is 2.97. The van der Waals surface area contributed by atoms with Crippen molar-refractivity contribution in [3.63, 3.8) is 0 Å². The van der Waals surface area contributed by atoms with Gasteiger partial charge in [0.25, 0.3) is 0 Å². The van der Waals surface area contributed by atoms with Crippen LogP contribution < -0.4 is 18.9 Å². The molecule has 0 bridgehead atoms. The predicted molar refractivity (Wildman–Crippen MR) is 88.4 cm³/mol. The molecule has 3 heterocycles. The Bertz CT molecular complexity index is 833. The molecular formula is C19H19NO4. The number of benzene rings is 2. The fraction of sp³-hybridized carbons (Fsp3) is 0.368. The zero-order chi connectivity index (χ0) is 16.3. The molecule has 5 heteroatoms. The van der Waals surface area contributed by atoms with E-state index in [1.54, 1.807) is 7.11 Å². The van der Waals surface area contributed by atoms with Crippen molar-refractivity contribution >= 4 is 0 Å². The molecule has 0 radical (unpaired) electrons. The Morgan fingerprint density at radius 2 is 1.92 bits per heavy atom. The van der Waals surface area contributed by atoms with Gasteiger partial charge in [-0.2, -0.15) is 0 Å². The molecule has 0 N–H and O–H groups in total. The van der Waals surface area contributed by atoms with Crippen molar-refractivity contribution in [3.8, 4) is 28.7 Å². The van der Waals surface area contributed by atoms with Crippen LogP contribution >= 0.6 is 0 Å². The Kier molecular flexibility index (Phi) is 2.94. The van der Waals surface area contributed by atoms with Crippen molar-refractivity contribution in [2.75, 3.05) is 27.5 Å². The van der Waals surface area contributed by atoms with Gasteiger partial charge in [-0.05, 0) is 37.6 Å². The van der Waals surface area contributed by atoms with Crippen LogP contribution in [0.15, 0.2) is 24.3 Å². The van der Waals surface area contributed by atoms with Gasteiger partial charge in [0.2, 0.25) is 6.79 Å². The first-order valence-corrected chi connectivity index (χ1v) is 8.25. The highest BCUT2D eigenvalue weighted by atomic mass is 16.7. The van der Waals surface area contributed by atoms with Crippen molar-refractivity contribution in [2.24, 2.45) is 0 Å². The highest BCUT2D eigenvalue weighted by molar-refractivity contribution is 5.60. The number of rotatable bonds is 1. The molecule has 5 nitrogen and oxygen atoms in total. The van der Waals surface area contributed by atoms with Crippen LogP contribution in [0, 0.1) is 0 Å². The molecule has 1 atom stereocenters. The Balaban J connectivity index is 1.73. The molecule has 2 aromatic rings. The third kappa shape index (κ3) is 1.91. The number of ether oxygens (including phenoxy) is 4. The van der Waals surface area contributed by atoms with Crippen molar-refractivity contribution in [3.05, 3.63) is 41.0 Å². The van der Waals surface area contributed by atoms with E-state index in [9.17, 15) is 0 Å². The number of hydrogen-bond acceptors (Lipinski definition) is 5. The monoisotopic (exact) mass is 325 g/mol. The Labute approximate surface area is 140 Å². The zero-order valence-electron chi connectivity index (χ0n) is 13.8. The van der Waals surface area contributed by atoms with Crippen LogP contribution in [0.3, 0.4) is 0 Å². The lowest BCUT2D eigenvalue weighted by Gasteiger charge is -2.34. The summed E-state index contributed by atoms with van der Waals surface area (Å²) in [5.41, 5.74) is 3.74. The van der Waals surface area contributed by atoms with Gasteiger partial charge in [0.15, 0.2) is 23.0 Å². The van der Waals surface area contributed by atoms with E-state index >= 15 is 0 Å². The number of likely N-dealkylation sites (N-methyl/N-ethyl adjacent to an activating group) is 1. The van der Waals surface area contributed by atoms with Gasteiger partial charge in [-0.25, -0.2) is 0 Å². The molecule has 2 aromatic carbocycles. The molecule has 0 unspecified atom stereocenters. The van der Waals surface area contributed by atoms with E-state index in [1.807, 2.05) is 12.1 Å². The molecule has 24 heavy (non-hydrogen) atoms. The van der Waals surface area contributed by atoms with Gasteiger partial charge in [-0.1, -0.05) is 6.07 Å². The summed E-state index contributed by atoms with van der Waals surface area (Å²) >= 11 is 0. The summed E-state index contributed by atoms with van der Waals surface area (Å²) in [6.07, 6.45) is 1.91. The van der Waals surface area contributed by atoms with Gasteiger partial charge in [-0.3, -0.25) is 4.90 Å². The lowest BCUT2D eigenvalue weighted by molar-refractivity contribution is 0.173. The first-order chi connectivity index (χ1) is 11.7. The summed E-state index contributed by atoms with van der Waals surface area (Å²) in [5.74, 6) is 3.98. The zero-order valence-corrected chi connectivity index (χ0v) is 13.8. The maximum Gasteiger partial charge on any atom is 0.231 e. The van der Waals surface area contributed by atoms with Crippen molar-refractivity contribution in [2.45, 2.75) is 18.9 Å². The summed E-state index contributed by atoms with van der Waals surface area (Å²) in [5, 5.41) is 0. The lowest BCUT2D eigenvalue weighted by Crippen LogP contribution is -2.33. The molecule has 0 amide bonds. The van der Waals surface area contributed by atoms with Gasteiger partial charge >= 0.3 is 0 Å². The third-order valence-electron chi connectivity index (χ3n) is 5.25. The van der Waals surface area contributed by atoms with Crippen LogP contribution in [-0.2, 0) is 12.8 Å². The quantitative estimate of drug-likeness (QED) is 0.804. The van der Waals surface area contributed by atoms with Crippen LogP contribution in [0.25, 0.3) is 0 Å². The highest BCUT2D eigenvalue weighted by Gasteiger charge is 2.34. The first-order valence-electron chi connectivity index (χ1n) is 8.25. The third-order valence-corrected chi connectivity index (χ3v) is 5.25. The summed E-state index contributed by atoms with van der Waals surface area (Å²) < 4.78 is 23.0. The van der Waals surface area contributed by atoms with Crippen molar-refractivity contribution in [1.29, 1.82) is 0 Å². The normalized spacial score (nSPS) is 20.7. The van der Waals surface area contributed by atoms with Crippen LogP contribution in [0.4, 0.5) is 0 Å².